The van der Waals surface area contributed by atoms with Gasteiger partial charge < -0.3 is 25.0 Å². The Kier molecular flexibility index (Phi) is 6.71. The van der Waals surface area contributed by atoms with E-state index in [1.807, 2.05) is 13.1 Å². The molecule has 1 fully saturated rings. The minimum Gasteiger partial charge on any atom is -0.497 e. The van der Waals surface area contributed by atoms with E-state index in [1.165, 1.54) is 0 Å². The summed E-state index contributed by atoms with van der Waals surface area (Å²) in [5.74, 6) is 0.500. The number of rotatable bonds is 7. The van der Waals surface area contributed by atoms with Crippen molar-refractivity contribution in [1.82, 2.24) is 15.2 Å². The lowest BCUT2D eigenvalue weighted by Gasteiger charge is -2.32. The second kappa shape index (κ2) is 9.50. The fourth-order valence-corrected chi connectivity index (χ4v) is 4.88. The van der Waals surface area contributed by atoms with E-state index in [9.17, 15) is 4.79 Å². The molecular formula is C23H28ClFN4O3. The number of halogens is 2. The molecule has 0 unspecified atom stereocenters. The van der Waals surface area contributed by atoms with Gasteiger partial charge in [0, 0.05) is 35.8 Å². The van der Waals surface area contributed by atoms with Crippen molar-refractivity contribution in [3.8, 4) is 11.5 Å². The van der Waals surface area contributed by atoms with Gasteiger partial charge in [-0.3, -0.25) is 4.79 Å². The van der Waals surface area contributed by atoms with E-state index in [0.29, 0.717) is 11.5 Å². The Morgan fingerprint density at radius 1 is 1.22 bits per heavy atom. The second-order valence-electron chi connectivity index (χ2n) is 8.19. The zero-order chi connectivity index (χ0) is 22.8. The van der Waals surface area contributed by atoms with Crippen LogP contribution in [0.3, 0.4) is 0 Å². The average molecular weight is 463 g/mol. The third-order valence-corrected chi connectivity index (χ3v) is 6.63. The summed E-state index contributed by atoms with van der Waals surface area (Å²) in [6, 6.07) is 5.67. The number of nitrogens with one attached hydrogen (secondary N) is 2. The third kappa shape index (κ3) is 4.21. The van der Waals surface area contributed by atoms with Crippen LogP contribution >= 0.6 is 11.6 Å². The van der Waals surface area contributed by atoms with Crippen LogP contribution in [0.2, 0.25) is 5.15 Å². The highest BCUT2D eigenvalue weighted by atomic mass is 35.5. The molecule has 2 N–H and O–H groups in total. The molecule has 1 aromatic carbocycles. The van der Waals surface area contributed by atoms with Gasteiger partial charge in [-0.25, -0.2) is 9.37 Å². The van der Waals surface area contributed by atoms with Crippen molar-refractivity contribution in [2.75, 3.05) is 26.6 Å². The first-order valence-electron chi connectivity index (χ1n) is 10.8. The number of amides is 1. The first kappa shape index (κ1) is 22.6. The highest BCUT2D eigenvalue weighted by Crippen LogP contribution is 2.36. The van der Waals surface area contributed by atoms with Gasteiger partial charge in [-0.1, -0.05) is 24.4 Å². The zero-order valence-electron chi connectivity index (χ0n) is 18.5. The number of aromatic nitrogens is 1. The van der Waals surface area contributed by atoms with Crippen molar-refractivity contribution in [3.63, 3.8) is 0 Å². The number of pyridine rings is 1. The number of carbonyl (C=O) groups excluding carboxylic acids is 1. The van der Waals surface area contributed by atoms with E-state index < -0.39 is 5.82 Å². The van der Waals surface area contributed by atoms with Crippen LogP contribution in [-0.2, 0) is 13.1 Å². The Labute approximate surface area is 192 Å². The topological polar surface area (TPSA) is 75.7 Å². The minimum absolute atomic E-state index is 0.0231. The molecular weight excluding hydrogens is 435 g/mol. The standard InChI is InChI=1S/C23H28ClFN4O3/c1-26-16-6-4-5-7-17(16)27-22-20(25)15-12-29(23(30)19(15)21(24)28-22)11-13-8-9-14(31-2)10-18(13)32-3/h8-10,16-17,26H,4-7,11-12H2,1-3H3,(H,27,28)/t16-,17+/m0/s1. The molecule has 1 aliphatic heterocycles. The fourth-order valence-electron chi connectivity index (χ4n) is 4.60. The van der Waals surface area contributed by atoms with Gasteiger partial charge in [-0.05, 0) is 32.0 Å². The SMILES string of the molecule is CN[C@H]1CCCC[C@H]1Nc1nc(Cl)c2c(c1F)CN(Cc1ccc(OC)cc1OC)C2=O. The molecule has 172 valence electrons. The quantitative estimate of drug-likeness (QED) is 0.606. The maximum absolute atomic E-state index is 15.4. The lowest BCUT2D eigenvalue weighted by Crippen LogP contribution is -2.45. The van der Waals surface area contributed by atoms with Crippen molar-refractivity contribution >= 4 is 23.3 Å². The Morgan fingerprint density at radius 3 is 2.66 bits per heavy atom. The molecule has 1 saturated carbocycles. The summed E-state index contributed by atoms with van der Waals surface area (Å²) in [6.45, 7) is 0.371. The largest absolute Gasteiger partial charge is 0.497 e. The van der Waals surface area contributed by atoms with E-state index in [2.05, 4.69) is 15.6 Å². The van der Waals surface area contributed by atoms with Crippen molar-refractivity contribution in [2.24, 2.45) is 0 Å². The number of likely N-dealkylation sites (N-methyl/N-ethyl adjacent to an activating group) is 1. The van der Waals surface area contributed by atoms with Crippen LogP contribution in [0.4, 0.5) is 10.2 Å². The summed E-state index contributed by atoms with van der Waals surface area (Å²) in [5, 5.41) is 6.55. The maximum atomic E-state index is 15.4. The molecule has 0 radical (unpaired) electrons. The maximum Gasteiger partial charge on any atom is 0.258 e. The molecule has 2 heterocycles. The highest BCUT2D eigenvalue weighted by Gasteiger charge is 2.36. The normalized spacial score (nSPS) is 20.3. The number of anilines is 1. The number of nitrogens with zero attached hydrogens (tertiary/aromatic N) is 2. The fraction of sp³-hybridized carbons (Fsp3) is 0.478. The van der Waals surface area contributed by atoms with E-state index in [4.69, 9.17) is 21.1 Å². The second-order valence-corrected chi connectivity index (χ2v) is 8.55. The molecule has 32 heavy (non-hydrogen) atoms. The lowest BCUT2D eigenvalue weighted by molar-refractivity contribution is 0.0765. The monoisotopic (exact) mass is 462 g/mol. The molecule has 1 aliphatic carbocycles. The van der Waals surface area contributed by atoms with Crippen LogP contribution in [-0.4, -0.2) is 49.1 Å². The molecule has 0 saturated heterocycles. The smallest absolute Gasteiger partial charge is 0.258 e. The first-order valence-corrected chi connectivity index (χ1v) is 11.2. The van der Waals surface area contributed by atoms with Gasteiger partial charge in [0.2, 0.25) is 0 Å². The van der Waals surface area contributed by atoms with Gasteiger partial charge >= 0.3 is 0 Å². The summed E-state index contributed by atoms with van der Waals surface area (Å²) in [6.07, 6.45) is 4.16. The van der Waals surface area contributed by atoms with Gasteiger partial charge in [-0.2, -0.15) is 0 Å². The number of ether oxygens (including phenoxy) is 2. The number of hydrogen-bond acceptors (Lipinski definition) is 6. The number of carbonyl (C=O) groups is 1. The van der Waals surface area contributed by atoms with Crippen LogP contribution in [0.5, 0.6) is 11.5 Å². The van der Waals surface area contributed by atoms with E-state index in [0.717, 1.165) is 31.2 Å². The number of hydrogen-bond donors (Lipinski definition) is 2. The summed E-state index contributed by atoms with van der Waals surface area (Å²) < 4.78 is 26.1. The third-order valence-electron chi connectivity index (χ3n) is 6.36. The van der Waals surface area contributed by atoms with Crippen LogP contribution in [0.1, 0.15) is 47.2 Å². The van der Waals surface area contributed by atoms with Crippen LogP contribution in [0.15, 0.2) is 18.2 Å². The van der Waals surface area contributed by atoms with Crippen LogP contribution in [0, 0.1) is 5.82 Å². The number of methoxy groups -OCH3 is 2. The molecule has 0 spiro atoms. The van der Waals surface area contributed by atoms with Gasteiger partial charge in [0.1, 0.15) is 16.7 Å². The molecule has 7 nitrogen and oxygen atoms in total. The first-order chi connectivity index (χ1) is 15.5. The van der Waals surface area contributed by atoms with E-state index in [-0.39, 0.29) is 53.2 Å². The molecule has 9 heteroatoms. The van der Waals surface area contributed by atoms with Crippen LogP contribution in [0.25, 0.3) is 0 Å². The van der Waals surface area contributed by atoms with E-state index in [1.54, 1.807) is 31.3 Å². The molecule has 2 aromatic rings. The van der Waals surface area contributed by atoms with E-state index >= 15 is 4.39 Å². The molecule has 4 rings (SSSR count). The molecule has 1 aromatic heterocycles. The lowest BCUT2D eigenvalue weighted by atomic mass is 9.90. The summed E-state index contributed by atoms with van der Waals surface area (Å²) >= 11 is 6.37. The Morgan fingerprint density at radius 2 is 1.97 bits per heavy atom. The summed E-state index contributed by atoms with van der Waals surface area (Å²) in [5.41, 5.74) is 1.20. The number of fused-ring (bicyclic) bond motifs is 1. The molecule has 1 amide bonds. The number of benzene rings is 1. The molecule has 2 atom stereocenters. The van der Waals surface area contributed by atoms with Gasteiger partial charge in [0.25, 0.3) is 5.91 Å². The molecule has 2 aliphatic rings. The van der Waals surface area contributed by atoms with Gasteiger partial charge in [-0.15, -0.1) is 0 Å². The average Bonchev–Trinajstić information content (AvgIpc) is 3.14. The Bertz CT molecular complexity index is 1020. The summed E-state index contributed by atoms with van der Waals surface area (Å²) in [7, 11) is 5.04. The van der Waals surface area contributed by atoms with Crippen molar-refractivity contribution in [3.05, 3.63) is 45.9 Å². The van der Waals surface area contributed by atoms with Gasteiger partial charge in [0.05, 0.1) is 26.3 Å². The predicted molar refractivity (Wildman–Crippen MR) is 121 cm³/mol. The zero-order valence-corrected chi connectivity index (χ0v) is 19.3. The molecule has 0 bridgehead atoms. The van der Waals surface area contributed by atoms with Crippen molar-refractivity contribution in [2.45, 2.75) is 50.9 Å². The van der Waals surface area contributed by atoms with Crippen molar-refractivity contribution < 1.29 is 18.7 Å². The minimum atomic E-state index is -0.512. The van der Waals surface area contributed by atoms with Crippen molar-refractivity contribution in [1.29, 1.82) is 0 Å². The van der Waals surface area contributed by atoms with Crippen LogP contribution < -0.4 is 20.1 Å². The Hall–Kier alpha value is -2.58. The van der Waals surface area contributed by atoms with Gasteiger partial charge in [0.15, 0.2) is 11.6 Å². The highest BCUT2D eigenvalue weighted by molar-refractivity contribution is 6.33. The Balaban J connectivity index is 1.58. The predicted octanol–water partition coefficient (Wildman–Crippen LogP) is 3.99. The summed E-state index contributed by atoms with van der Waals surface area (Å²) in [4.78, 5) is 18.8.